The third-order valence-corrected chi connectivity index (χ3v) is 3.22. The van der Waals surface area contributed by atoms with Gasteiger partial charge in [0.25, 0.3) is 0 Å². The summed E-state index contributed by atoms with van der Waals surface area (Å²) in [6, 6.07) is 11.6. The molecule has 1 unspecified atom stereocenters. The van der Waals surface area contributed by atoms with Gasteiger partial charge in [0.2, 0.25) is 0 Å². The van der Waals surface area contributed by atoms with Crippen LogP contribution in [0, 0.1) is 0 Å². The molecule has 2 N–H and O–H groups in total. The zero-order valence-electron chi connectivity index (χ0n) is 10.2. The minimum Gasteiger partial charge on any atom is -0.463 e. The van der Waals surface area contributed by atoms with E-state index in [0.29, 0.717) is 5.76 Å². The Kier molecular flexibility index (Phi) is 2.68. The average Bonchev–Trinajstić information content (AvgIpc) is 3.05. The molecular weight excluding hydrogens is 226 g/mol. The van der Waals surface area contributed by atoms with Gasteiger partial charge >= 0.3 is 0 Å². The van der Waals surface area contributed by atoms with Gasteiger partial charge in [0, 0.05) is 23.5 Å². The first-order chi connectivity index (χ1) is 8.79. The lowest BCUT2D eigenvalue weighted by Crippen LogP contribution is -1.98. The van der Waals surface area contributed by atoms with E-state index >= 15 is 0 Å². The maximum Gasteiger partial charge on any atom is 0.137 e. The summed E-state index contributed by atoms with van der Waals surface area (Å²) in [5.41, 5.74) is 1.89. The van der Waals surface area contributed by atoms with Crippen molar-refractivity contribution in [1.82, 2.24) is 4.98 Å². The maximum atomic E-state index is 10.4. The van der Waals surface area contributed by atoms with Crippen molar-refractivity contribution in [3.63, 3.8) is 0 Å². The zero-order chi connectivity index (χ0) is 12.5. The fourth-order valence-corrected chi connectivity index (χ4v) is 2.23. The van der Waals surface area contributed by atoms with E-state index in [0.717, 1.165) is 28.6 Å². The van der Waals surface area contributed by atoms with E-state index in [2.05, 4.69) is 4.98 Å². The van der Waals surface area contributed by atoms with Gasteiger partial charge in [-0.25, -0.2) is 0 Å². The van der Waals surface area contributed by atoms with E-state index in [1.807, 2.05) is 49.5 Å². The number of benzene rings is 1. The quantitative estimate of drug-likeness (QED) is 0.738. The van der Waals surface area contributed by atoms with Crippen LogP contribution in [0.15, 0.2) is 47.0 Å². The molecule has 0 aliphatic carbocycles. The lowest BCUT2D eigenvalue weighted by Gasteiger charge is -2.09. The molecule has 0 fully saturated rings. The minimum absolute atomic E-state index is 0.598. The van der Waals surface area contributed by atoms with Gasteiger partial charge in [-0.3, -0.25) is 0 Å². The molecule has 3 nitrogen and oxygen atoms in total. The summed E-state index contributed by atoms with van der Waals surface area (Å²) in [5, 5.41) is 11.4. The number of aliphatic hydroxyl groups excluding tert-OH is 1. The summed E-state index contributed by atoms with van der Waals surface area (Å²) in [6.45, 7) is 2.03. The zero-order valence-corrected chi connectivity index (χ0v) is 10.2. The van der Waals surface area contributed by atoms with Gasteiger partial charge in [-0.2, -0.15) is 0 Å². The Morgan fingerprint density at radius 2 is 2.11 bits per heavy atom. The lowest BCUT2D eigenvalue weighted by atomic mass is 10.0. The predicted octanol–water partition coefficient (Wildman–Crippen LogP) is 3.41. The molecule has 1 atom stereocenters. The van der Waals surface area contributed by atoms with Crippen LogP contribution in [0.5, 0.6) is 0 Å². The molecule has 0 aliphatic heterocycles. The van der Waals surface area contributed by atoms with Gasteiger partial charge in [-0.1, -0.05) is 19.1 Å². The summed E-state index contributed by atoms with van der Waals surface area (Å²) in [5.74, 6) is 1.49. The molecule has 2 heterocycles. The third-order valence-electron chi connectivity index (χ3n) is 3.22. The van der Waals surface area contributed by atoms with Crippen molar-refractivity contribution in [3.05, 3.63) is 59.7 Å². The van der Waals surface area contributed by atoms with E-state index in [4.69, 9.17) is 4.42 Å². The number of aliphatic hydroxyl groups is 1. The topological polar surface area (TPSA) is 49.2 Å². The predicted molar refractivity (Wildman–Crippen MR) is 70.4 cm³/mol. The third kappa shape index (κ3) is 1.73. The molecule has 3 heteroatoms. The highest BCUT2D eigenvalue weighted by molar-refractivity contribution is 5.83. The van der Waals surface area contributed by atoms with Crippen LogP contribution < -0.4 is 0 Å². The van der Waals surface area contributed by atoms with Crippen molar-refractivity contribution >= 4 is 10.9 Å². The number of aromatic amines is 1. The molecule has 3 rings (SSSR count). The summed E-state index contributed by atoms with van der Waals surface area (Å²) in [7, 11) is 0. The Morgan fingerprint density at radius 1 is 1.22 bits per heavy atom. The van der Waals surface area contributed by atoms with Crippen LogP contribution in [-0.4, -0.2) is 10.1 Å². The molecule has 18 heavy (non-hydrogen) atoms. The van der Waals surface area contributed by atoms with Crippen LogP contribution in [0.2, 0.25) is 0 Å². The molecule has 1 aromatic carbocycles. The molecule has 2 aromatic heterocycles. The van der Waals surface area contributed by atoms with Crippen LogP contribution in [0.25, 0.3) is 10.9 Å². The molecule has 0 saturated carbocycles. The van der Waals surface area contributed by atoms with E-state index in [1.165, 1.54) is 0 Å². The van der Waals surface area contributed by atoms with Crippen molar-refractivity contribution in [2.75, 3.05) is 0 Å². The average molecular weight is 241 g/mol. The molecular formula is C15H15NO2. The van der Waals surface area contributed by atoms with E-state index in [-0.39, 0.29) is 0 Å². The summed E-state index contributed by atoms with van der Waals surface area (Å²) < 4.78 is 5.61. The van der Waals surface area contributed by atoms with Crippen molar-refractivity contribution in [2.24, 2.45) is 0 Å². The normalized spacial score (nSPS) is 13.0. The fourth-order valence-electron chi connectivity index (χ4n) is 2.23. The Labute approximate surface area is 105 Å². The number of hydrogen-bond donors (Lipinski definition) is 2. The number of fused-ring (bicyclic) bond motifs is 1. The van der Waals surface area contributed by atoms with Gasteiger partial charge in [0.15, 0.2) is 0 Å². The van der Waals surface area contributed by atoms with Gasteiger partial charge < -0.3 is 14.5 Å². The van der Waals surface area contributed by atoms with Gasteiger partial charge in [0.1, 0.15) is 17.6 Å². The second-order valence-electron chi connectivity index (χ2n) is 4.35. The summed E-state index contributed by atoms with van der Waals surface area (Å²) >= 11 is 0. The smallest absolute Gasteiger partial charge is 0.137 e. The molecule has 0 amide bonds. The number of furan rings is 1. The maximum absolute atomic E-state index is 10.4. The van der Waals surface area contributed by atoms with Crippen LogP contribution in [0.4, 0.5) is 0 Å². The lowest BCUT2D eigenvalue weighted by molar-refractivity contribution is 0.188. The number of nitrogens with one attached hydrogen (secondary N) is 1. The van der Waals surface area contributed by atoms with Crippen LogP contribution in [0.1, 0.15) is 30.1 Å². The van der Waals surface area contributed by atoms with E-state index in [1.54, 1.807) is 0 Å². The Bertz CT molecular complexity index is 666. The molecule has 3 aromatic rings. The van der Waals surface area contributed by atoms with Gasteiger partial charge in [-0.05, 0) is 29.8 Å². The molecule has 0 aliphatic rings. The van der Waals surface area contributed by atoms with Crippen molar-refractivity contribution in [2.45, 2.75) is 19.4 Å². The van der Waals surface area contributed by atoms with Gasteiger partial charge in [-0.15, -0.1) is 0 Å². The molecule has 92 valence electrons. The summed E-state index contributed by atoms with van der Waals surface area (Å²) in [4.78, 5) is 3.14. The van der Waals surface area contributed by atoms with Crippen LogP contribution >= 0.6 is 0 Å². The Hall–Kier alpha value is -2.00. The molecule has 0 spiro atoms. The first kappa shape index (κ1) is 11.1. The summed E-state index contributed by atoms with van der Waals surface area (Å²) in [6.07, 6.45) is 1.99. The highest BCUT2D eigenvalue weighted by Crippen LogP contribution is 2.29. The number of aromatic nitrogens is 1. The SMILES string of the molecule is CCc1ccc(C(O)c2cccc3[nH]ccc23)o1. The number of rotatable bonds is 3. The number of aryl methyl sites for hydroxylation is 1. The first-order valence-corrected chi connectivity index (χ1v) is 6.12. The van der Waals surface area contributed by atoms with E-state index < -0.39 is 6.10 Å². The largest absolute Gasteiger partial charge is 0.463 e. The Balaban J connectivity index is 2.05. The highest BCUT2D eigenvalue weighted by atomic mass is 16.4. The highest BCUT2D eigenvalue weighted by Gasteiger charge is 2.17. The molecule has 0 radical (unpaired) electrons. The van der Waals surface area contributed by atoms with Crippen molar-refractivity contribution < 1.29 is 9.52 Å². The van der Waals surface area contributed by atoms with E-state index in [9.17, 15) is 5.11 Å². The van der Waals surface area contributed by atoms with Crippen molar-refractivity contribution in [1.29, 1.82) is 0 Å². The van der Waals surface area contributed by atoms with Crippen molar-refractivity contribution in [3.8, 4) is 0 Å². The van der Waals surface area contributed by atoms with Crippen LogP contribution in [-0.2, 0) is 6.42 Å². The second kappa shape index (κ2) is 4.35. The Morgan fingerprint density at radius 3 is 2.89 bits per heavy atom. The number of hydrogen-bond acceptors (Lipinski definition) is 2. The number of H-pyrrole nitrogens is 1. The standard InChI is InChI=1S/C15H15NO2/c1-2-10-6-7-14(18-10)15(17)12-4-3-5-13-11(12)8-9-16-13/h3-9,15-17H,2H2,1H3. The van der Waals surface area contributed by atoms with Crippen LogP contribution in [0.3, 0.4) is 0 Å². The van der Waals surface area contributed by atoms with Gasteiger partial charge in [0.05, 0.1) is 0 Å². The monoisotopic (exact) mass is 241 g/mol. The molecule has 0 bridgehead atoms. The molecule has 0 saturated heterocycles. The first-order valence-electron chi connectivity index (χ1n) is 6.12. The second-order valence-corrected chi connectivity index (χ2v) is 4.35. The minimum atomic E-state index is -0.718. The fraction of sp³-hybridized carbons (Fsp3) is 0.200.